The number of benzene rings is 2. The Morgan fingerprint density at radius 1 is 1.04 bits per heavy atom. The van der Waals surface area contributed by atoms with Crippen molar-refractivity contribution in [3.63, 3.8) is 0 Å². The number of hydrogen-bond acceptors (Lipinski definition) is 3. The Morgan fingerprint density at radius 2 is 1.76 bits per heavy atom. The van der Waals surface area contributed by atoms with Gasteiger partial charge in [0.2, 0.25) is 0 Å². The van der Waals surface area contributed by atoms with Crippen molar-refractivity contribution in [3.05, 3.63) is 65.2 Å². The molecule has 0 aliphatic carbocycles. The van der Waals surface area contributed by atoms with Gasteiger partial charge in [-0.25, -0.2) is 5.43 Å². The molecule has 2 rings (SSSR count). The first-order valence-corrected chi connectivity index (χ1v) is 7.14. The SMILES string of the molecule is Cc1ccccc1/C=N/NC(=O)C(=O)Nc1cccc(C(F)(F)F)c1. The Morgan fingerprint density at radius 3 is 2.44 bits per heavy atom. The van der Waals surface area contributed by atoms with Gasteiger partial charge in [0.25, 0.3) is 0 Å². The van der Waals surface area contributed by atoms with Crippen LogP contribution in [-0.4, -0.2) is 18.0 Å². The summed E-state index contributed by atoms with van der Waals surface area (Å²) in [4.78, 5) is 23.3. The molecule has 5 nitrogen and oxygen atoms in total. The fraction of sp³-hybridized carbons (Fsp3) is 0.118. The van der Waals surface area contributed by atoms with E-state index in [1.54, 1.807) is 12.1 Å². The maximum absolute atomic E-state index is 12.6. The summed E-state index contributed by atoms with van der Waals surface area (Å²) in [6, 6.07) is 11.2. The van der Waals surface area contributed by atoms with E-state index in [2.05, 4.69) is 10.4 Å². The Balaban J connectivity index is 1.97. The first-order valence-electron chi connectivity index (χ1n) is 7.14. The molecule has 0 radical (unpaired) electrons. The maximum Gasteiger partial charge on any atom is 0.416 e. The van der Waals surface area contributed by atoms with Gasteiger partial charge >= 0.3 is 18.0 Å². The van der Waals surface area contributed by atoms with Gasteiger partial charge in [0.15, 0.2) is 0 Å². The number of anilines is 1. The minimum Gasteiger partial charge on any atom is -0.318 e. The number of carbonyl (C=O) groups is 2. The molecule has 0 bridgehead atoms. The number of aryl methyl sites for hydroxylation is 1. The van der Waals surface area contributed by atoms with Gasteiger partial charge in [-0.15, -0.1) is 0 Å². The summed E-state index contributed by atoms with van der Waals surface area (Å²) in [5, 5.41) is 5.75. The second kappa shape index (κ2) is 7.61. The van der Waals surface area contributed by atoms with Crippen LogP contribution < -0.4 is 10.7 Å². The smallest absolute Gasteiger partial charge is 0.318 e. The first kappa shape index (κ1) is 18.2. The van der Waals surface area contributed by atoms with Crippen molar-refractivity contribution >= 4 is 23.7 Å². The molecule has 0 aliphatic rings. The summed E-state index contributed by atoms with van der Waals surface area (Å²) in [5.74, 6) is -2.22. The van der Waals surface area contributed by atoms with E-state index in [4.69, 9.17) is 0 Å². The molecule has 0 fully saturated rings. The number of halogens is 3. The monoisotopic (exact) mass is 349 g/mol. The van der Waals surface area contributed by atoms with E-state index in [1.165, 1.54) is 12.3 Å². The second-order valence-corrected chi connectivity index (χ2v) is 5.09. The van der Waals surface area contributed by atoms with Crippen LogP contribution in [0.1, 0.15) is 16.7 Å². The van der Waals surface area contributed by atoms with Crippen molar-refractivity contribution < 1.29 is 22.8 Å². The molecule has 2 N–H and O–H groups in total. The highest BCUT2D eigenvalue weighted by Gasteiger charge is 2.30. The number of rotatable bonds is 3. The van der Waals surface area contributed by atoms with Crippen molar-refractivity contribution in [1.29, 1.82) is 0 Å². The van der Waals surface area contributed by atoms with Gasteiger partial charge in [-0.1, -0.05) is 30.3 Å². The standard InChI is InChI=1S/C17H14F3N3O2/c1-11-5-2-3-6-12(11)10-21-23-16(25)15(24)22-14-8-4-7-13(9-14)17(18,19)20/h2-10H,1H3,(H,22,24)(H,23,25)/b21-10+. The van der Waals surface area contributed by atoms with Crippen molar-refractivity contribution in [1.82, 2.24) is 5.43 Å². The van der Waals surface area contributed by atoms with Crippen LogP contribution in [0.4, 0.5) is 18.9 Å². The Kier molecular flexibility index (Phi) is 5.53. The lowest BCUT2D eigenvalue weighted by Crippen LogP contribution is -2.32. The van der Waals surface area contributed by atoms with E-state index in [1.807, 2.05) is 24.5 Å². The molecule has 130 valence electrons. The molecule has 2 amide bonds. The van der Waals surface area contributed by atoms with Crippen LogP contribution >= 0.6 is 0 Å². The van der Waals surface area contributed by atoms with Gasteiger partial charge in [-0.3, -0.25) is 9.59 Å². The lowest BCUT2D eigenvalue weighted by molar-refractivity contribution is -0.137. The van der Waals surface area contributed by atoms with Gasteiger partial charge in [-0.05, 0) is 36.2 Å². The van der Waals surface area contributed by atoms with Crippen LogP contribution in [0.2, 0.25) is 0 Å². The summed E-state index contributed by atoms with van der Waals surface area (Å²) in [6.45, 7) is 1.85. The van der Waals surface area contributed by atoms with Gasteiger partial charge in [0, 0.05) is 5.69 Å². The molecule has 0 saturated carbocycles. The zero-order valence-corrected chi connectivity index (χ0v) is 13.1. The molecule has 8 heteroatoms. The van der Waals surface area contributed by atoms with Gasteiger partial charge in [0.1, 0.15) is 0 Å². The number of alkyl halides is 3. The van der Waals surface area contributed by atoms with Crippen molar-refractivity contribution in [2.24, 2.45) is 5.10 Å². The molecule has 0 spiro atoms. The summed E-state index contributed by atoms with van der Waals surface area (Å²) < 4.78 is 37.8. The largest absolute Gasteiger partial charge is 0.416 e. The minimum absolute atomic E-state index is 0.141. The summed E-state index contributed by atoms with van der Waals surface area (Å²) in [6.07, 6.45) is -3.17. The molecule has 2 aromatic rings. The normalized spacial score (nSPS) is 11.4. The van der Waals surface area contributed by atoms with Gasteiger partial charge in [-0.2, -0.15) is 18.3 Å². The lowest BCUT2D eigenvalue weighted by Gasteiger charge is -2.09. The number of nitrogens with zero attached hydrogens (tertiary/aromatic N) is 1. The Labute approximate surface area is 141 Å². The Bertz CT molecular complexity index is 817. The lowest BCUT2D eigenvalue weighted by atomic mass is 10.1. The molecule has 25 heavy (non-hydrogen) atoms. The first-order chi connectivity index (χ1) is 11.8. The topological polar surface area (TPSA) is 70.6 Å². The predicted octanol–water partition coefficient (Wildman–Crippen LogP) is 3.10. The third kappa shape index (κ3) is 5.17. The number of hydrogen-bond donors (Lipinski definition) is 2. The number of nitrogens with one attached hydrogen (secondary N) is 2. The van der Waals surface area contributed by atoms with E-state index < -0.39 is 23.6 Å². The average Bonchev–Trinajstić information content (AvgIpc) is 2.56. The molecule has 0 saturated heterocycles. The summed E-state index contributed by atoms with van der Waals surface area (Å²) >= 11 is 0. The Hall–Kier alpha value is -3.16. The highest BCUT2D eigenvalue weighted by Crippen LogP contribution is 2.30. The van der Waals surface area contributed by atoms with E-state index in [9.17, 15) is 22.8 Å². The molecular weight excluding hydrogens is 335 g/mol. The minimum atomic E-state index is -4.54. The van der Waals surface area contributed by atoms with Crippen LogP contribution in [-0.2, 0) is 15.8 Å². The van der Waals surface area contributed by atoms with Gasteiger partial charge in [0.05, 0.1) is 11.8 Å². The molecule has 2 aromatic carbocycles. The van der Waals surface area contributed by atoms with Crippen molar-refractivity contribution in [2.45, 2.75) is 13.1 Å². The van der Waals surface area contributed by atoms with Crippen LogP contribution in [0, 0.1) is 6.92 Å². The predicted molar refractivity (Wildman–Crippen MR) is 87.0 cm³/mol. The van der Waals surface area contributed by atoms with Crippen LogP contribution in [0.5, 0.6) is 0 Å². The van der Waals surface area contributed by atoms with E-state index in [0.29, 0.717) is 0 Å². The zero-order chi connectivity index (χ0) is 18.4. The molecule has 0 heterocycles. The number of amides is 2. The maximum atomic E-state index is 12.6. The average molecular weight is 349 g/mol. The highest BCUT2D eigenvalue weighted by molar-refractivity contribution is 6.39. The molecule has 0 unspecified atom stereocenters. The molecule has 0 aliphatic heterocycles. The molecule has 0 atom stereocenters. The summed E-state index contributed by atoms with van der Waals surface area (Å²) in [7, 11) is 0. The molecule has 0 aromatic heterocycles. The molecular formula is C17H14F3N3O2. The quantitative estimate of drug-likeness (QED) is 0.508. The van der Waals surface area contributed by atoms with Crippen molar-refractivity contribution in [3.8, 4) is 0 Å². The van der Waals surface area contributed by atoms with Crippen LogP contribution in [0.3, 0.4) is 0 Å². The second-order valence-electron chi connectivity index (χ2n) is 5.09. The fourth-order valence-corrected chi connectivity index (χ4v) is 1.90. The van der Waals surface area contributed by atoms with Gasteiger partial charge < -0.3 is 5.32 Å². The third-order valence-corrected chi connectivity index (χ3v) is 3.21. The van der Waals surface area contributed by atoms with Crippen LogP contribution in [0.15, 0.2) is 53.6 Å². The number of carbonyl (C=O) groups excluding carboxylic acids is 2. The van der Waals surface area contributed by atoms with E-state index in [0.717, 1.165) is 29.3 Å². The summed E-state index contributed by atoms with van der Waals surface area (Å²) in [5.41, 5.74) is 2.63. The van der Waals surface area contributed by atoms with Crippen LogP contribution in [0.25, 0.3) is 0 Å². The highest BCUT2D eigenvalue weighted by atomic mass is 19.4. The van der Waals surface area contributed by atoms with E-state index in [-0.39, 0.29) is 5.69 Å². The fourth-order valence-electron chi connectivity index (χ4n) is 1.90. The zero-order valence-electron chi connectivity index (χ0n) is 13.1. The van der Waals surface area contributed by atoms with Crippen molar-refractivity contribution in [2.75, 3.05) is 5.32 Å². The third-order valence-electron chi connectivity index (χ3n) is 3.21. The van der Waals surface area contributed by atoms with E-state index >= 15 is 0 Å². The number of hydrazone groups is 1.